The summed E-state index contributed by atoms with van der Waals surface area (Å²) in [5.41, 5.74) is 5.04. The van der Waals surface area contributed by atoms with Crippen LogP contribution in [0.5, 0.6) is 0 Å². The molecule has 23 heavy (non-hydrogen) atoms. The van der Waals surface area contributed by atoms with Gasteiger partial charge in [-0.2, -0.15) is 5.10 Å². The molecule has 1 aromatic carbocycles. The average molecular weight is 335 g/mol. The minimum Gasteiger partial charge on any atom is -0.381 e. The first-order valence-electron chi connectivity index (χ1n) is 7.58. The first kappa shape index (κ1) is 17.5. The van der Waals surface area contributed by atoms with Crippen LogP contribution in [0, 0.1) is 5.92 Å². The zero-order chi connectivity index (χ0) is 16.7. The molecule has 1 aliphatic rings. The van der Waals surface area contributed by atoms with Crippen molar-refractivity contribution in [3.05, 3.63) is 29.8 Å². The number of rotatable bonds is 6. The number of anilines is 1. The van der Waals surface area contributed by atoms with Gasteiger partial charge >= 0.3 is 0 Å². The van der Waals surface area contributed by atoms with Gasteiger partial charge < -0.3 is 10.1 Å². The highest BCUT2D eigenvalue weighted by atomic mass is 32.2. The van der Waals surface area contributed by atoms with Crippen molar-refractivity contribution in [1.82, 2.24) is 5.43 Å². The lowest BCUT2D eigenvalue weighted by Crippen LogP contribution is -2.31. The Morgan fingerprint density at radius 2 is 2.17 bits per heavy atom. The lowest BCUT2D eigenvalue weighted by molar-refractivity contribution is -0.121. The number of ether oxygens (including phenoxy) is 1. The molecule has 0 aliphatic carbocycles. The molecule has 0 spiro atoms. The Kier molecular flexibility index (Phi) is 6.61. The van der Waals surface area contributed by atoms with Gasteiger partial charge in [-0.3, -0.25) is 9.59 Å². The zero-order valence-electron chi connectivity index (χ0n) is 13.3. The van der Waals surface area contributed by atoms with Gasteiger partial charge in [-0.1, -0.05) is 30.8 Å². The molecule has 1 atom stereocenters. The van der Waals surface area contributed by atoms with Gasteiger partial charge in [0.05, 0.1) is 12.3 Å². The maximum Gasteiger partial charge on any atom is 0.283 e. The van der Waals surface area contributed by atoms with E-state index < -0.39 is 0 Å². The summed E-state index contributed by atoms with van der Waals surface area (Å²) in [5, 5.41) is 6.84. The van der Waals surface area contributed by atoms with Crippen molar-refractivity contribution in [3.63, 3.8) is 0 Å². The number of nitrogens with one attached hydrogen (secondary N) is 2. The fourth-order valence-electron chi connectivity index (χ4n) is 2.22. The molecular weight excluding hydrogens is 314 g/mol. The Bertz CT molecular complexity index is 587. The van der Waals surface area contributed by atoms with Crippen LogP contribution in [0.2, 0.25) is 0 Å². The van der Waals surface area contributed by atoms with Crippen LogP contribution in [0.15, 0.2) is 29.4 Å². The third-order valence-electron chi connectivity index (χ3n) is 3.35. The van der Waals surface area contributed by atoms with Gasteiger partial charge in [0.25, 0.3) is 5.24 Å². The summed E-state index contributed by atoms with van der Waals surface area (Å²) in [6.45, 7) is 5.13. The largest absolute Gasteiger partial charge is 0.381 e. The van der Waals surface area contributed by atoms with Crippen LogP contribution in [0.25, 0.3) is 0 Å². The molecule has 124 valence electrons. The molecule has 2 rings (SSSR count). The Labute approximate surface area is 140 Å². The number of benzene rings is 1. The highest BCUT2D eigenvalue weighted by molar-refractivity contribution is 8.13. The normalized spacial score (nSPS) is 17.4. The number of nitrogens with zero attached hydrogens (tertiary/aromatic N) is 1. The number of carbonyl (C=O) groups excluding carboxylic acids is 2. The van der Waals surface area contributed by atoms with Crippen molar-refractivity contribution in [2.24, 2.45) is 11.0 Å². The van der Waals surface area contributed by atoms with Gasteiger partial charge in [-0.15, -0.1) is 0 Å². The summed E-state index contributed by atoms with van der Waals surface area (Å²) >= 11 is 1.20. The van der Waals surface area contributed by atoms with Crippen LogP contribution in [0.3, 0.4) is 0 Å². The van der Waals surface area contributed by atoms with E-state index in [9.17, 15) is 9.59 Å². The minimum absolute atomic E-state index is 0.0609. The van der Waals surface area contributed by atoms with Crippen molar-refractivity contribution < 1.29 is 14.3 Å². The van der Waals surface area contributed by atoms with Crippen LogP contribution in [0.1, 0.15) is 25.8 Å². The van der Waals surface area contributed by atoms with E-state index in [4.69, 9.17) is 4.74 Å². The van der Waals surface area contributed by atoms with E-state index >= 15 is 0 Å². The molecule has 0 bridgehead atoms. The molecule has 6 nitrogen and oxygen atoms in total. The molecular formula is C16H21N3O3S. The van der Waals surface area contributed by atoms with E-state index in [1.54, 1.807) is 0 Å². The summed E-state index contributed by atoms with van der Waals surface area (Å²) in [6.07, 6.45) is 0.438. The molecule has 0 fully saturated rings. The topological polar surface area (TPSA) is 79.8 Å². The van der Waals surface area contributed by atoms with Crippen molar-refractivity contribution in [3.8, 4) is 0 Å². The van der Waals surface area contributed by atoms with E-state index in [1.807, 2.05) is 38.1 Å². The van der Waals surface area contributed by atoms with E-state index in [-0.39, 0.29) is 17.1 Å². The van der Waals surface area contributed by atoms with Crippen LogP contribution in [-0.4, -0.2) is 35.8 Å². The van der Waals surface area contributed by atoms with Crippen LogP contribution >= 0.6 is 11.8 Å². The predicted octanol–water partition coefficient (Wildman–Crippen LogP) is 2.85. The summed E-state index contributed by atoms with van der Waals surface area (Å²) in [5.74, 6) is 0.652. The van der Waals surface area contributed by atoms with Gasteiger partial charge in [0.1, 0.15) is 0 Å². The first-order valence-corrected chi connectivity index (χ1v) is 8.57. The third kappa shape index (κ3) is 5.37. The fourth-order valence-corrected chi connectivity index (χ4v) is 2.79. The van der Waals surface area contributed by atoms with Crippen molar-refractivity contribution >= 4 is 34.3 Å². The quantitative estimate of drug-likeness (QED) is 0.784. The fraction of sp³-hybridized carbons (Fsp3) is 0.438. The van der Waals surface area contributed by atoms with Gasteiger partial charge in [0.15, 0.2) is 0 Å². The van der Waals surface area contributed by atoms with Gasteiger partial charge in [0, 0.05) is 30.4 Å². The molecule has 0 aromatic heterocycles. The molecule has 2 N–H and O–H groups in total. The SMILES string of the molecule is CCOCCSC(=O)Nc1ccc(C2=NNC(=O)CC2C)cc1. The van der Waals surface area contributed by atoms with Crippen LogP contribution < -0.4 is 10.7 Å². The average Bonchev–Trinajstić information content (AvgIpc) is 2.53. The number of hydrazone groups is 1. The monoisotopic (exact) mass is 335 g/mol. The molecule has 7 heteroatoms. The molecule has 0 saturated heterocycles. The smallest absolute Gasteiger partial charge is 0.283 e. The molecule has 1 heterocycles. The van der Waals surface area contributed by atoms with E-state index in [0.29, 0.717) is 25.4 Å². The van der Waals surface area contributed by atoms with E-state index in [0.717, 1.165) is 17.0 Å². The van der Waals surface area contributed by atoms with E-state index in [2.05, 4.69) is 15.8 Å². The molecule has 1 aliphatic heterocycles. The lowest BCUT2D eigenvalue weighted by Gasteiger charge is -2.19. The Balaban J connectivity index is 1.89. The summed E-state index contributed by atoms with van der Waals surface area (Å²) in [6, 6.07) is 7.46. The second kappa shape index (κ2) is 8.69. The van der Waals surface area contributed by atoms with Crippen molar-refractivity contribution in [2.45, 2.75) is 20.3 Å². The second-order valence-electron chi connectivity index (χ2n) is 5.17. The van der Waals surface area contributed by atoms with Crippen LogP contribution in [0.4, 0.5) is 10.5 Å². The van der Waals surface area contributed by atoms with Gasteiger partial charge in [-0.05, 0) is 24.6 Å². The standard InChI is InChI=1S/C16H21N3O3S/c1-3-22-8-9-23-16(21)17-13-6-4-12(5-7-13)15-11(2)10-14(20)18-19-15/h4-7,11H,3,8-10H2,1-2H3,(H,17,21)(H,18,20). The van der Waals surface area contributed by atoms with Crippen molar-refractivity contribution in [2.75, 3.05) is 24.3 Å². The van der Waals surface area contributed by atoms with E-state index in [1.165, 1.54) is 11.8 Å². The Hall–Kier alpha value is -1.86. The molecule has 0 saturated carbocycles. The summed E-state index contributed by atoms with van der Waals surface area (Å²) in [4.78, 5) is 23.1. The Morgan fingerprint density at radius 1 is 1.43 bits per heavy atom. The number of hydrogen-bond donors (Lipinski definition) is 2. The molecule has 0 radical (unpaired) electrons. The highest BCUT2D eigenvalue weighted by Crippen LogP contribution is 2.19. The van der Waals surface area contributed by atoms with Crippen LogP contribution in [-0.2, 0) is 9.53 Å². The predicted molar refractivity (Wildman–Crippen MR) is 92.9 cm³/mol. The summed E-state index contributed by atoms with van der Waals surface area (Å²) in [7, 11) is 0. The van der Waals surface area contributed by atoms with Gasteiger partial charge in [-0.25, -0.2) is 5.43 Å². The number of carbonyl (C=O) groups is 2. The van der Waals surface area contributed by atoms with Gasteiger partial charge in [0.2, 0.25) is 5.91 Å². The minimum atomic E-state index is -0.104. The number of thioether (sulfide) groups is 1. The third-order valence-corrected chi connectivity index (χ3v) is 4.09. The second-order valence-corrected chi connectivity index (χ2v) is 6.24. The highest BCUT2D eigenvalue weighted by Gasteiger charge is 2.21. The maximum atomic E-state index is 11.8. The first-order chi connectivity index (χ1) is 11.1. The number of hydrogen-bond acceptors (Lipinski definition) is 5. The molecule has 2 amide bonds. The Morgan fingerprint density at radius 3 is 2.83 bits per heavy atom. The maximum absolute atomic E-state index is 11.8. The summed E-state index contributed by atoms with van der Waals surface area (Å²) < 4.78 is 5.19. The van der Waals surface area contributed by atoms with Crippen molar-refractivity contribution in [1.29, 1.82) is 0 Å². The zero-order valence-corrected chi connectivity index (χ0v) is 14.1. The molecule has 1 unspecified atom stereocenters. The lowest BCUT2D eigenvalue weighted by atomic mass is 9.94. The number of amides is 2. The molecule has 1 aromatic rings.